The summed E-state index contributed by atoms with van der Waals surface area (Å²) in [6.45, 7) is 5.12. The summed E-state index contributed by atoms with van der Waals surface area (Å²) in [4.78, 5) is 19.0. The van der Waals surface area contributed by atoms with Gasteiger partial charge in [-0.1, -0.05) is 29.8 Å². The van der Waals surface area contributed by atoms with Crippen LogP contribution in [0.3, 0.4) is 0 Å². The van der Waals surface area contributed by atoms with Gasteiger partial charge in [0.15, 0.2) is 5.79 Å². The third kappa shape index (κ3) is 4.28. The number of hydrogen-bond donors (Lipinski definition) is 1. The Morgan fingerprint density at radius 2 is 1.81 bits per heavy atom. The van der Waals surface area contributed by atoms with E-state index in [1.54, 1.807) is 6.20 Å². The number of anilines is 2. The molecule has 27 heavy (non-hydrogen) atoms. The number of rotatable bonds is 4. The molecule has 1 spiro atoms. The first kappa shape index (κ1) is 17.9. The number of ether oxygens (including phenoxy) is 2. The molecule has 0 bridgehead atoms. The minimum absolute atomic E-state index is 0.0381. The van der Waals surface area contributed by atoms with Crippen molar-refractivity contribution in [3.63, 3.8) is 0 Å². The Labute approximate surface area is 159 Å². The van der Waals surface area contributed by atoms with Crippen LogP contribution in [0.1, 0.15) is 24.0 Å². The van der Waals surface area contributed by atoms with Gasteiger partial charge in [-0.2, -0.15) is 0 Å². The number of nitrogens with one attached hydrogen (secondary N) is 1. The molecule has 1 aromatic heterocycles. The lowest BCUT2D eigenvalue weighted by molar-refractivity contribution is -0.169. The van der Waals surface area contributed by atoms with Crippen molar-refractivity contribution in [2.24, 2.45) is 0 Å². The maximum atomic E-state index is 12.2. The number of benzene rings is 1. The van der Waals surface area contributed by atoms with Crippen LogP contribution < -0.4 is 10.2 Å². The average Bonchev–Trinajstić information content (AvgIpc) is 3.13. The van der Waals surface area contributed by atoms with Crippen LogP contribution >= 0.6 is 0 Å². The largest absolute Gasteiger partial charge is 0.356 e. The molecule has 0 saturated carbocycles. The van der Waals surface area contributed by atoms with Gasteiger partial charge in [0.2, 0.25) is 5.91 Å². The average molecular weight is 367 g/mol. The van der Waals surface area contributed by atoms with Gasteiger partial charge in [0.1, 0.15) is 5.82 Å². The van der Waals surface area contributed by atoms with Crippen molar-refractivity contribution >= 4 is 17.4 Å². The fraction of sp³-hybridized carbons (Fsp3) is 0.429. The lowest BCUT2D eigenvalue weighted by atomic mass is 10.0. The number of piperidine rings is 1. The monoisotopic (exact) mass is 367 g/mol. The van der Waals surface area contributed by atoms with E-state index < -0.39 is 0 Å². The van der Waals surface area contributed by atoms with Crippen LogP contribution in [0, 0.1) is 6.92 Å². The van der Waals surface area contributed by atoms with Crippen molar-refractivity contribution in [1.29, 1.82) is 0 Å². The zero-order valence-electron chi connectivity index (χ0n) is 15.6. The predicted molar refractivity (Wildman–Crippen MR) is 104 cm³/mol. The summed E-state index contributed by atoms with van der Waals surface area (Å²) < 4.78 is 11.5. The minimum Gasteiger partial charge on any atom is -0.356 e. The van der Waals surface area contributed by atoms with E-state index in [0.29, 0.717) is 25.3 Å². The molecule has 2 aliphatic heterocycles. The first-order chi connectivity index (χ1) is 13.1. The highest BCUT2D eigenvalue weighted by Crippen LogP contribution is 2.32. The number of aryl methyl sites for hydroxylation is 1. The number of aromatic nitrogens is 1. The molecule has 2 saturated heterocycles. The normalized spacial score (nSPS) is 18.6. The van der Waals surface area contributed by atoms with Crippen molar-refractivity contribution in [2.45, 2.75) is 32.0 Å². The molecule has 0 radical (unpaired) electrons. The summed E-state index contributed by atoms with van der Waals surface area (Å²) in [5.74, 6) is 0.503. The van der Waals surface area contributed by atoms with Crippen LogP contribution in [-0.4, -0.2) is 43.0 Å². The molecule has 0 atom stereocenters. The van der Waals surface area contributed by atoms with Crippen molar-refractivity contribution in [2.75, 3.05) is 36.5 Å². The highest BCUT2D eigenvalue weighted by atomic mass is 16.7. The molecule has 1 aromatic carbocycles. The lowest BCUT2D eigenvalue weighted by Crippen LogP contribution is -2.45. The van der Waals surface area contributed by atoms with E-state index in [1.807, 2.05) is 43.3 Å². The SMILES string of the molecule is Cc1ccc(CC(=O)Nc2ccc(N3CCC4(CC3)OCCO4)nc2)cc1. The molecule has 2 aromatic rings. The smallest absolute Gasteiger partial charge is 0.228 e. The van der Waals surface area contributed by atoms with Crippen LogP contribution in [0.2, 0.25) is 0 Å². The van der Waals surface area contributed by atoms with Crippen molar-refractivity contribution in [3.05, 3.63) is 53.7 Å². The summed E-state index contributed by atoms with van der Waals surface area (Å²) in [5, 5.41) is 2.91. The van der Waals surface area contributed by atoms with Crippen molar-refractivity contribution in [3.8, 4) is 0 Å². The Balaban J connectivity index is 1.31. The van der Waals surface area contributed by atoms with E-state index in [9.17, 15) is 4.79 Å². The highest BCUT2D eigenvalue weighted by Gasteiger charge is 2.39. The topological polar surface area (TPSA) is 63.7 Å². The molecule has 1 amide bonds. The van der Waals surface area contributed by atoms with E-state index in [4.69, 9.17) is 9.47 Å². The predicted octanol–water partition coefficient (Wildman–Crippen LogP) is 2.91. The lowest BCUT2D eigenvalue weighted by Gasteiger charge is -2.38. The second-order valence-electron chi connectivity index (χ2n) is 7.21. The number of carbonyl (C=O) groups excluding carboxylic acids is 1. The van der Waals surface area contributed by atoms with Gasteiger partial charge < -0.3 is 19.7 Å². The van der Waals surface area contributed by atoms with Crippen LogP contribution in [0.5, 0.6) is 0 Å². The Hall–Kier alpha value is -2.44. The first-order valence-corrected chi connectivity index (χ1v) is 9.46. The van der Waals surface area contributed by atoms with Crippen molar-refractivity contribution in [1.82, 2.24) is 4.98 Å². The molecular weight excluding hydrogens is 342 g/mol. The molecule has 2 fully saturated rings. The van der Waals surface area contributed by atoms with E-state index in [2.05, 4.69) is 15.2 Å². The second kappa shape index (κ2) is 7.66. The molecule has 0 unspecified atom stereocenters. The number of carbonyl (C=O) groups is 1. The number of pyridine rings is 1. The molecule has 2 aliphatic rings. The quantitative estimate of drug-likeness (QED) is 0.900. The summed E-state index contributed by atoms with van der Waals surface area (Å²) in [7, 11) is 0. The molecular formula is C21H25N3O3. The van der Waals surface area contributed by atoms with Gasteiger partial charge in [-0.3, -0.25) is 4.79 Å². The molecule has 6 nitrogen and oxygen atoms in total. The van der Waals surface area contributed by atoms with Gasteiger partial charge in [-0.15, -0.1) is 0 Å². The highest BCUT2D eigenvalue weighted by molar-refractivity contribution is 5.92. The van der Waals surface area contributed by atoms with Gasteiger partial charge in [-0.25, -0.2) is 4.98 Å². The number of hydrogen-bond acceptors (Lipinski definition) is 5. The minimum atomic E-state index is -0.375. The van der Waals surface area contributed by atoms with Crippen LogP contribution in [0.25, 0.3) is 0 Å². The molecule has 142 valence electrons. The summed E-state index contributed by atoms with van der Waals surface area (Å²) in [6, 6.07) is 11.9. The maximum absolute atomic E-state index is 12.2. The van der Waals surface area contributed by atoms with E-state index >= 15 is 0 Å². The zero-order valence-corrected chi connectivity index (χ0v) is 15.6. The summed E-state index contributed by atoms with van der Waals surface area (Å²) >= 11 is 0. The van der Waals surface area contributed by atoms with Gasteiger partial charge in [0.05, 0.1) is 31.5 Å². The van der Waals surface area contributed by atoms with E-state index in [1.165, 1.54) is 5.56 Å². The maximum Gasteiger partial charge on any atom is 0.228 e. The van der Waals surface area contributed by atoms with Gasteiger partial charge in [0.25, 0.3) is 0 Å². The van der Waals surface area contributed by atoms with E-state index in [-0.39, 0.29) is 11.7 Å². The second-order valence-corrected chi connectivity index (χ2v) is 7.21. The van der Waals surface area contributed by atoms with Crippen LogP contribution in [-0.2, 0) is 20.7 Å². The summed E-state index contributed by atoms with van der Waals surface area (Å²) in [6.07, 6.45) is 3.78. The van der Waals surface area contributed by atoms with Gasteiger partial charge in [-0.05, 0) is 24.6 Å². The van der Waals surface area contributed by atoms with Gasteiger partial charge >= 0.3 is 0 Å². The Morgan fingerprint density at radius 3 is 2.44 bits per heavy atom. The van der Waals surface area contributed by atoms with Crippen molar-refractivity contribution < 1.29 is 14.3 Å². The Bertz CT molecular complexity index is 773. The van der Waals surface area contributed by atoms with E-state index in [0.717, 1.165) is 37.3 Å². The van der Waals surface area contributed by atoms with Crippen LogP contribution in [0.4, 0.5) is 11.5 Å². The Morgan fingerprint density at radius 1 is 1.11 bits per heavy atom. The van der Waals surface area contributed by atoms with Gasteiger partial charge in [0, 0.05) is 25.9 Å². The fourth-order valence-corrected chi connectivity index (χ4v) is 3.61. The Kier molecular flexibility index (Phi) is 5.09. The standard InChI is InChI=1S/C21H25N3O3/c1-16-2-4-17(5-3-16)14-20(25)23-18-6-7-19(22-15-18)24-10-8-21(9-11-24)26-12-13-27-21/h2-7,15H,8-14H2,1H3,(H,23,25). The molecule has 4 rings (SSSR count). The first-order valence-electron chi connectivity index (χ1n) is 9.46. The molecule has 6 heteroatoms. The number of nitrogens with zero attached hydrogens (tertiary/aromatic N) is 2. The third-order valence-electron chi connectivity index (χ3n) is 5.18. The summed E-state index contributed by atoms with van der Waals surface area (Å²) in [5.41, 5.74) is 2.90. The molecule has 3 heterocycles. The fourth-order valence-electron chi connectivity index (χ4n) is 3.61. The number of amides is 1. The van der Waals surface area contributed by atoms with Crippen LogP contribution in [0.15, 0.2) is 42.6 Å². The third-order valence-corrected chi connectivity index (χ3v) is 5.18. The molecule has 0 aliphatic carbocycles. The zero-order chi connectivity index (χ0) is 18.7. The molecule has 1 N–H and O–H groups in total.